The molecule has 1 saturated carbocycles. The van der Waals surface area contributed by atoms with E-state index in [-0.39, 0.29) is 35.5 Å². The maximum Gasteiger partial charge on any atom is 0.238 e. The largest absolute Gasteiger partial charge is 0.274 e. The molecule has 3 aromatic rings. The third-order valence-corrected chi connectivity index (χ3v) is 10.3. The summed E-state index contributed by atoms with van der Waals surface area (Å²) in [5, 5.41) is 1.03. The van der Waals surface area contributed by atoms with Crippen LogP contribution in [0.4, 0.5) is 11.4 Å². The average molecular weight is 595 g/mol. The summed E-state index contributed by atoms with van der Waals surface area (Å²) in [5.74, 6) is -4.47. The maximum absolute atomic E-state index is 14.2. The van der Waals surface area contributed by atoms with Crippen LogP contribution in [0.5, 0.6) is 0 Å². The number of benzene rings is 3. The van der Waals surface area contributed by atoms with E-state index in [1.165, 1.54) is 9.80 Å². The Morgan fingerprint density at radius 2 is 1.12 bits per heavy atom. The van der Waals surface area contributed by atoms with Gasteiger partial charge in [-0.25, -0.2) is 0 Å². The Kier molecular flexibility index (Phi) is 5.66. The van der Waals surface area contributed by atoms with Gasteiger partial charge in [-0.1, -0.05) is 71.3 Å². The Bertz CT molecular complexity index is 1750. The molecule has 3 aromatic carbocycles. The number of halogens is 2. The van der Waals surface area contributed by atoms with Crippen molar-refractivity contribution in [2.45, 2.75) is 6.42 Å². The molecule has 4 aliphatic carbocycles. The van der Waals surface area contributed by atoms with Crippen molar-refractivity contribution < 1.29 is 19.2 Å². The molecule has 9 rings (SSSR count). The second-order valence-electron chi connectivity index (χ2n) is 11.7. The van der Waals surface area contributed by atoms with Gasteiger partial charge in [0.2, 0.25) is 23.6 Å². The second-order valence-corrected chi connectivity index (χ2v) is 12.6. The van der Waals surface area contributed by atoms with Crippen molar-refractivity contribution in [3.63, 3.8) is 0 Å². The van der Waals surface area contributed by atoms with Gasteiger partial charge in [0.1, 0.15) is 0 Å². The molecule has 8 heteroatoms. The van der Waals surface area contributed by atoms with Gasteiger partial charge in [-0.3, -0.25) is 29.0 Å². The molecule has 2 bridgehead atoms. The van der Waals surface area contributed by atoms with Crippen molar-refractivity contribution in [2.24, 2.45) is 41.4 Å². The first-order chi connectivity index (χ1) is 20.3. The number of hydrogen-bond acceptors (Lipinski definition) is 4. The van der Waals surface area contributed by atoms with Gasteiger partial charge in [0, 0.05) is 21.9 Å². The van der Waals surface area contributed by atoms with E-state index in [2.05, 4.69) is 6.08 Å². The Balaban J connectivity index is 1.28. The number of anilines is 2. The monoisotopic (exact) mass is 594 g/mol. The maximum atomic E-state index is 14.2. The minimum Gasteiger partial charge on any atom is -0.274 e. The van der Waals surface area contributed by atoms with Crippen LogP contribution in [0.1, 0.15) is 12.0 Å². The van der Waals surface area contributed by atoms with Crippen LogP contribution in [0.2, 0.25) is 10.0 Å². The highest BCUT2D eigenvalue weighted by Gasteiger charge is 2.67. The molecule has 0 radical (unpaired) electrons. The summed E-state index contributed by atoms with van der Waals surface area (Å²) >= 11 is 12.2. The van der Waals surface area contributed by atoms with Crippen molar-refractivity contribution in [3.05, 3.63) is 112 Å². The fourth-order valence-corrected chi connectivity index (χ4v) is 8.46. The summed E-state index contributed by atoms with van der Waals surface area (Å²) in [4.78, 5) is 58.9. The molecule has 2 saturated heterocycles. The fourth-order valence-electron chi connectivity index (χ4n) is 8.21. The van der Waals surface area contributed by atoms with Gasteiger partial charge in [0.15, 0.2) is 0 Å². The molecular weight excluding hydrogens is 571 g/mol. The molecule has 4 amide bonds. The summed E-state index contributed by atoms with van der Waals surface area (Å²) in [6, 6.07) is 23.3. The number of hydrogen-bond donors (Lipinski definition) is 0. The van der Waals surface area contributed by atoms with Crippen molar-refractivity contribution in [1.82, 2.24) is 0 Å². The minimum atomic E-state index is -0.624. The lowest BCUT2D eigenvalue weighted by molar-refractivity contribution is -0.129. The summed E-state index contributed by atoms with van der Waals surface area (Å²) in [5.41, 5.74) is 3.98. The molecule has 3 fully saturated rings. The third kappa shape index (κ3) is 3.45. The Morgan fingerprint density at radius 1 is 0.571 bits per heavy atom. The topological polar surface area (TPSA) is 74.8 Å². The van der Waals surface area contributed by atoms with E-state index in [1.54, 1.807) is 48.5 Å². The summed E-state index contributed by atoms with van der Waals surface area (Å²) in [6.07, 6.45) is 4.46. The molecule has 0 unspecified atom stereocenters. The number of carbonyl (C=O) groups excluding carboxylic acids is 4. The first kappa shape index (κ1) is 25.7. The number of imide groups is 2. The van der Waals surface area contributed by atoms with Crippen molar-refractivity contribution in [3.8, 4) is 0 Å². The first-order valence-electron chi connectivity index (χ1n) is 14.1. The number of carbonyl (C=O) groups is 4. The molecule has 7 atom stereocenters. The lowest BCUT2D eigenvalue weighted by Crippen LogP contribution is -2.51. The average Bonchev–Trinajstić information content (AvgIpc) is 3.43. The Morgan fingerprint density at radius 3 is 1.74 bits per heavy atom. The van der Waals surface area contributed by atoms with Crippen molar-refractivity contribution >= 4 is 63.8 Å². The van der Waals surface area contributed by atoms with Crippen LogP contribution in [0.25, 0.3) is 5.57 Å². The molecule has 2 aliphatic heterocycles. The van der Waals surface area contributed by atoms with E-state index in [0.717, 1.165) is 16.7 Å². The highest BCUT2D eigenvalue weighted by molar-refractivity contribution is 6.31. The molecule has 0 spiro atoms. The molecular formula is C34H24Cl2N2O4. The molecule has 6 nitrogen and oxygen atoms in total. The quantitative estimate of drug-likeness (QED) is 0.267. The Labute approximate surface area is 252 Å². The van der Waals surface area contributed by atoms with Gasteiger partial charge in [-0.15, -0.1) is 0 Å². The number of amides is 4. The van der Waals surface area contributed by atoms with Gasteiger partial charge >= 0.3 is 0 Å². The van der Waals surface area contributed by atoms with Crippen LogP contribution in [0, 0.1) is 41.4 Å². The lowest BCUT2D eigenvalue weighted by Gasteiger charge is -2.51. The summed E-state index contributed by atoms with van der Waals surface area (Å²) in [7, 11) is 0. The predicted molar refractivity (Wildman–Crippen MR) is 159 cm³/mol. The van der Waals surface area contributed by atoms with Gasteiger partial charge < -0.3 is 0 Å². The molecule has 6 aliphatic rings. The van der Waals surface area contributed by atoms with Gasteiger partial charge in [0.05, 0.1) is 35.0 Å². The van der Waals surface area contributed by atoms with Crippen LogP contribution in [-0.4, -0.2) is 23.6 Å². The predicted octanol–water partition coefficient (Wildman–Crippen LogP) is 6.19. The van der Waals surface area contributed by atoms with Crippen LogP contribution in [0.15, 0.2) is 96.6 Å². The molecule has 0 N–H and O–H groups in total. The van der Waals surface area contributed by atoms with E-state index in [1.807, 2.05) is 36.4 Å². The van der Waals surface area contributed by atoms with Gasteiger partial charge in [0.25, 0.3) is 0 Å². The first-order valence-corrected chi connectivity index (χ1v) is 14.8. The number of rotatable bonds is 3. The van der Waals surface area contributed by atoms with Crippen LogP contribution in [0.3, 0.4) is 0 Å². The number of fused-ring (bicyclic) bond motifs is 1. The standard InChI is InChI=1S/C34H24Cl2N2O4/c35-18-6-10-20(11-7-18)37-31(39)25-16-24(17-4-2-1-3-5-17)26-22-14-15-23(27(26)30(25)34(37)42)29-28(22)32(40)38(33(29)41)21-12-8-19(36)9-13-21/h1-15,22-23,25,27-30H,16H2/t22-,23+,25+,27-,28+,29-,30+/m0/s1. The van der Waals surface area contributed by atoms with Gasteiger partial charge in [-0.05, 0) is 72.0 Å². The van der Waals surface area contributed by atoms with E-state index in [9.17, 15) is 19.2 Å². The van der Waals surface area contributed by atoms with Crippen LogP contribution in [-0.2, 0) is 19.2 Å². The number of nitrogens with zero attached hydrogens (tertiary/aromatic N) is 2. The van der Waals surface area contributed by atoms with Crippen LogP contribution >= 0.6 is 23.2 Å². The van der Waals surface area contributed by atoms with Gasteiger partial charge in [-0.2, -0.15) is 0 Å². The van der Waals surface area contributed by atoms with Crippen LogP contribution < -0.4 is 9.80 Å². The highest BCUT2D eigenvalue weighted by atomic mass is 35.5. The zero-order valence-corrected chi connectivity index (χ0v) is 23.7. The molecule has 208 valence electrons. The highest BCUT2D eigenvalue weighted by Crippen LogP contribution is 2.63. The van der Waals surface area contributed by atoms with Crippen molar-refractivity contribution in [2.75, 3.05) is 9.80 Å². The van der Waals surface area contributed by atoms with E-state index >= 15 is 0 Å². The zero-order chi connectivity index (χ0) is 28.9. The normalized spacial score (nSPS) is 31.1. The molecule has 0 aromatic heterocycles. The zero-order valence-electron chi connectivity index (χ0n) is 22.2. The van der Waals surface area contributed by atoms with E-state index in [4.69, 9.17) is 23.2 Å². The molecule has 42 heavy (non-hydrogen) atoms. The Hall–Kier alpha value is -4.00. The number of allylic oxidation sites excluding steroid dienone is 4. The lowest BCUT2D eigenvalue weighted by atomic mass is 9.49. The van der Waals surface area contributed by atoms with Crippen molar-refractivity contribution in [1.29, 1.82) is 0 Å². The SMILES string of the molecule is O=C1[C@H]2[C@@H]3C=C[C@@H](C4=C(c5ccccc5)C[C@H]5C(=O)N(c6ccc(Cl)cc6)C(=O)[C@H]5[C@H]43)[C@H]2C(=O)N1c1ccc(Cl)cc1. The van der Waals surface area contributed by atoms with E-state index < -0.39 is 29.6 Å². The smallest absolute Gasteiger partial charge is 0.238 e. The third-order valence-electron chi connectivity index (χ3n) is 9.80. The summed E-state index contributed by atoms with van der Waals surface area (Å²) < 4.78 is 0. The van der Waals surface area contributed by atoms with E-state index in [0.29, 0.717) is 27.8 Å². The fraction of sp³-hybridized carbons (Fsp3) is 0.235. The summed E-state index contributed by atoms with van der Waals surface area (Å²) in [6.45, 7) is 0. The second kappa shape index (κ2) is 9.25. The molecule has 2 heterocycles. The minimum absolute atomic E-state index is 0.233.